The van der Waals surface area contributed by atoms with E-state index >= 15 is 0 Å². The van der Waals surface area contributed by atoms with Gasteiger partial charge in [0.1, 0.15) is 13.8 Å². The average molecular weight is 399 g/mol. The number of pyridine rings is 1. The lowest BCUT2D eigenvalue weighted by Crippen LogP contribution is -2.43. The van der Waals surface area contributed by atoms with Gasteiger partial charge in [0, 0.05) is 18.2 Å². The molecule has 1 saturated carbocycles. The molecule has 1 aliphatic carbocycles. The van der Waals surface area contributed by atoms with Gasteiger partial charge in [-0.15, -0.1) is 11.5 Å². The summed E-state index contributed by atoms with van der Waals surface area (Å²) in [6, 6.07) is 4.01. The molecule has 1 heterocycles. The van der Waals surface area contributed by atoms with Crippen LogP contribution in [0.5, 0.6) is 0 Å². The van der Waals surface area contributed by atoms with Crippen molar-refractivity contribution in [3.05, 3.63) is 29.6 Å². The van der Waals surface area contributed by atoms with Gasteiger partial charge in [-0.1, -0.05) is 54.0 Å². The van der Waals surface area contributed by atoms with Crippen molar-refractivity contribution in [3.63, 3.8) is 0 Å². The van der Waals surface area contributed by atoms with Gasteiger partial charge >= 0.3 is 0 Å². The minimum atomic E-state index is -1.68. The molecule has 0 saturated heterocycles. The number of hydrogen-bond acceptors (Lipinski definition) is 2. The lowest BCUT2D eigenvalue weighted by molar-refractivity contribution is 0.0918. The van der Waals surface area contributed by atoms with Crippen LogP contribution in [0.2, 0.25) is 16.6 Å². The van der Waals surface area contributed by atoms with Crippen LogP contribution < -0.4 is 5.32 Å². The predicted octanol–water partition coefficient (Wildman–Crippen LogP) is 5.90. The van der Waals surface area contributed by atoms with E-state index < -0.39 is 8.07 Å². The molecule has 2 unspecified atom stereocenters. The third kappa shape index (κ3) is 5.06. The highest BCUT2D eigenvalue weighted by Crippen LogP contribution is 2.41. The molecule has 1 amide bonds. The van der Waals surface area contributed by atoms with E-state index in [0.29, 0.717) is 28.2 Å². The van der Waals surface area contributed by atoms with Crippen molar-refractivity contribution in [2.45, 2.75) is 96.8 Å². The fourth-order valence-electron chi connectivity index (χ4n) is 5.09. The number of nitrogens with one attached hydrogen (secondary N) is 1. The first-order chi connectivity index (χ1) is 13.2. The zero-order valence-electron chi connectivity index (χ0n) is 18.8. The summed E-state index contributed by atoms with van der Waals surface area (Å²) >= 11 is 0. The van der Waals surface area contributed by atoms with Gasteiger partial charge in [-0.3, -0.25) is 9.78 Å². The number of rotatable bonds is 5. The van der Waals surface area contributed by atoms with E-state index in [2.05, 4.69) is 63.3 Å². The Bertz CT molecular complexity index is 708. The highest BCUT2D eigenvalue weighted by Gasteiger charge is 2.41. The first kappa shape index (κ1) is 22.7. The third-order valence-electron chi connectivity index (χ3n) is 6.59. The van der Waals surface area contributed by atoms with Crippen LogP contribution in [-0.4, -0.2) is 25.0 Å². The van der Waals surface area contributed by atoms with E-state index in [1.54, 1.807) is 6.20 Å². The molecule has 2 rings (SSSR count). The van der Waals surface area contributed by atoms with Crippen molar-refractivity contribution < 1.29 is 4.79 Å². The van der Waals surface area contributed by atoms with E-state index in [0.717, 1.165) is 31.2 Å². The van der Waals surface area contributed by atoms with Gasteiger partial charge in [0.15, 0.2) is 0 Å². The van der Waals surface area contributed by atoms with Crippen LogP contribution in [0.25, 0.3) is 0 Å². The molecule has 1 aromatic heterocycles. The van der Waals surface area contributed by atoms with Gasteiger partial charge in [0.05, 0.1) is 0 Å². The summed E-state index contributed by atoms with van der Waals surface area (Å²) in [5.74, 6) is 4.05. The summed E-state index contributed by atoms with van der Waals surface area (Å²) in [7, 11) is -1.68. The number of carbonyl (C=O) groups is 1. The van der Waals surface area contributed by atoms with Crippen LogP contribution in [-0.2, 0) is 0 Å². The molecule has 0 radical (unpaired) electrons. The molecule has 0 aromatic carbocycles. The fraction of sp³-hybridized carbons (Fsp3) is 0.667. The Balaban J connectivity index is 2.11. The maximum absolute atomic E-state index is 12.6. The quantitative estimate of drug-likeness (QED) is 0.495. The van der Waals surface area contributed by atoms with Crippen LogP contribution in [0.3, 0.4) is 0 Å². The molecule has 1 aromatic rings. The topological polar surface area (TPSA) is 42.0 Å². The lowest BCUT2D eigenvalue weighted by Gasteiger charge is -2.38. The van der Waals surface area contributed by atoms with E-state index in [1.807, 2.05) is 19.1 Å². The molecule has 154 valence electrons. The van der Waals surface area contributed by atoms with Crippen LogP contribution >= 0.6 is 0 Å². The Hall–Kier alpha value is -1.60. The van der Waals surface area contributed by atoms with E-state index in [4.69, 9.17) is 0 Å². The van der Waals surface area contributed by atoms with Gasteiger partial charge in [0.25, 0.3) is 5.91 Å². The molecule has 1 aliphatic rings. The standard InChI is InChI=1S/C24H38N2OSi/c1-17(2)28(18(3)4,19(5)6)15-13-21-11-8-12-22(16-21)26-24(27)23-20(7)10-9-14-25-23/h9-10,14,17-19,21-22H,8,11-12,16H2,1-7H3,(H,26,27). The van der Waals surface area contributed by atoms with Gasteiger partial charge in [-0.05, 0) is 54.4 Å². The first-order valence-corrected chi connectivity index (χ1v) is 13.2. The summed E-state index contributed by atoms with van der Waals surface area (Å²) in [4.78, 5) is 16.9. The molecule has 28 heavy (non-hydrogen) atoms. The van der Waals surface area contributed by atoms with Gasteiger partial charge in [-0.2, -0.15) is 0 Å². The summed E-state index contributed by atoms with van der Waals surface area (Å²) in [5, 5.41) is 3.21. The highest BCUT2D eigenvalue weighted by atomic mass is 28.3. The smallest absolute Gasteiger partial charge is 0.270 e. The maximum Gasteiger partial charge on any atom is 0.270 e. The van der Waals surface area contributed by atoms with Crippen molar-refractivity contribution in [3.8, 4) is 11.5 Å². The Morgan fingerprint density at radius 1 is 1.14 bits per heavy atom. The zero-order chi connectivity index (χ0) is 20.9. The largest absolute Gasteiger partial charge is 0.348 e. The van der Waals surface area contributed by atoms with E-state index in [9.17, 15) is 4.79 Å². The molecule has 4 heteroatoms. The Morgan fingerprint density at radius 2 is 1.79 bits per heavy atom. The highest BCUT2D eigenvalue weighted by molar-refractivity contribution is 6.90. The summed E-state index contributed by atoms with van der Waals surface area (Å²) in [5.41, 5.74) is 7.32. The molecular weight excluding hydrogens is 360 g/mol. The SMILES string of the molecule is Cc1cccnc1C(=O)NC1CCCC(C#C[Si](C(C)C)(C(C)C)C(C)C)C1. The van der Waals surface area contributed by atoms with Gasteiger partial charge < -0.3 is 5.32 Å². The average Bonchev–Trinajstić information content (AvgIpc) is 2.62. The predicted molar refractivity (Wildman–Crippen MR) is 121 cm³/mol. The van der Waals surface area contributed by atoms with E-state index in [-0.39, 0.29) is 11.9 Å². The van der Waals surface area contributed by atoms with Crippen molar-refractivity contribution >= 4 is 14.0 Å². The number of carbonyl (C=O) groups excluding carboxylic acids is 1. The van der Waals surface area contributed by atoms with Crippen LogP contribution in [0.4, 0.5) is 0 Å². The third-order valence-corrected chi connectivity index (χ3v) is 12.9. The number of aromatic nitrogens is 1. The van der Waals surface area contributed by atoms with Crippen molar-refractivity contribution in [1.29, 1.82) is 0 Å². The summed E-state index contributed by atoms with van der Waals surface area (Å²) < 4.78 is 0. The number of aryl methyl sites for hydroxylation is 1. The van der Waals surface area contributed by atoms with Gasteiger partial charge in [-0.25, -0.2) is 0 Å². The number of nitrogens with zero attached hydrogens (tertiary/aromatic N) is 1. The van der Waals surface area contributed by atoms with Crippen LogP contribution in [0.1, 0.15) is 83.3 Å². The molecule has 0 spiro atoms. The lowest BCUT2D eigenvalue weighted by atomic mass is 9.86. The summed E-state index contributed by atoms with van der Waals surface area (Å²) in [6.45, 7) is 16.1. The second kappa shape index (κ2) is 9.74. The monoisotopic (exact) mass is 398 g/mol. The molecular formula is C24H38N2OSi. The van der Waals surface area contributed by atoms with Crippen molar-refractivity contribution in [1.82, 2.24) is 10.3 Å². The second-order valence-corrected chi connectivity index (χ2v) is 14.9. The maximum atomic E-state index is 12.6. The minimum Gasteiger partial charge on any atom is -0.348 e. The van der Waals surface area contributed by atoms with Crippen LogP contribution in [0, 0.1) is 24.3 Å². The van der Waals surface area contributed by atoms with Gasteiger partial charge in [0.2, 0.25) is 0 Å². The molecule has 0 bridgehead atoms. The second-order valence-electron chi connectivity index (χ2n) is 9.37. The Kier molecular flexibility index (Phi) is 7.89. The molecule has 2 atom stereocenters. The molecule has 1 N–H and O–H groups in total. The molecule has 1 fully saturated rings. The Labute approximate surface area is 173 Å². The first-order valence-electron chi connectivity index (χ1n) is 10.9. The molecule has 0 aliphatic heterocycles. The Morgan fingerprint density at radius 3 is 2.36 bits per heavy atom. The van der Waals surface area contributed by atoms with Crippen molar-refractivity contribution in [2.75, 3.05) is 0 Å². The number of hydrogen-bond donors (Lipinski definition) is 1. The number of amides is 1. The minimum absolute atomic E-state index is 0.0491. The summed E-state index contributed by atoms with van der Waals surface area (Å²) in [6.07, 6.45) is 5.97. The molecule has 3 nitrogen and oxygen atoms in total. The van der Waals surface area contributed by atoms with Crippen molar-refractivity contribution in [2.24, 2.45) is 5.92 Å². The van der Waals surface area contributed by atoms with Crippen LogP contribution in [0.15, 0.2) is 18.3 Å². The fourth-order valence-corrected chi connectivity index (χ4v) is 10.4. The zero-order valence-corrected chi connectivity index (χ0v) is 19.8. The normalized spacial score (nSPS) is 20.2. The van der Waals surface area contributed by atoms with E-state index in [1.165, 1.54) is 0 Å².